The molecule has 0 bridgehead atoms. The summed E-state index contributed by atoms with van der Waals surface area (Å²) >= 11 is 4.06. The number of halogens is 1. The zero-order chi connectivity index (χ0) is 22.5. The molecular formula is C22H18BrNO6S. The number of carbonyl (C=O) groups excluding carboxylic acids is 4. The van der Waals surface area contributed by atoms with Gasteiger partial charge in [0.05, 0.1) is 16.6 Å². The lowest BCUT2D eigenvalue weighted by Crippen LogP contribution is -2.35. The Balaban J connectivity index is 1.65. The van der Waals surface area contributed by atoms with Crippen LogP contribution in [0.15, 0.2) is 57.9 Å². The number of amides is 2. The third-order valence-electron chi connectivity index (χ3n) is 4.00. The Morgan fingerprint density at radius 3 is 2.32 bits per heavy atom. The van der Waals surface area contributed by atoms with E-state index in [0.29, 0.717) is 16.9 Å². The normalized spacial score (nSPS) is 15.0. The number of benzene rings is 2. The Morgan fingerprint density at radius 1 is 1.06 bits per heavy atom. The molecule has 2 amide bonds. The van der Waals surface area contributed by atoms with E-state index in [1.165, 1.54) is 0 Å². The van der Waals surface area contributed by atoms with Gasteiger partial charge in [-0.25, -0.2) is 4.79 Å². The first-order chi connectivity index (χ1) is 14.7. The summed E-state index contributed by atoms with van der Waals surface area (Å²) in [6.07, 6.45) is 1.21. The molecule has 1 saturated heterocycles. The average Bonchev–Trinajstić information content (AvgIpc) is 2.96. The van der Waals surface area contributed by atoms with Gasteiger partial charge in [-0.15, -0.1) is 0 Å². The third-order valence-corrected chi connectivity index (χ3v) is 5.43. The van der Waals surface area contributed by atoms with Gasteiger partial charge >= 0.3 is 11.9 Å². The summed E-state index contributed by atoms with van der Waals surface area (Å²) in [5, 5.41) is -0.531. The van der Waals surface area contributed by atoms with Crippen molar-refractivity contribution in [1.82, 2.24) is 4.90 Å². The first kappa shape index (κ1) is 22.8. The molecule has 0 aromatic heterocycles. The highest BCUT2D eigenvalue weighted by atomic mass is 79.9. The predicted molar refractivity (Wildman–Crippen MR) is 119 cm³/mol. The fourth-order valence-corrected chi connectivity index (χ4v) is 3.70. The van der Waals surface area contributed by atoms with Crippen molar-refractivity contribution in [3.8, 4) is 5.75 Å². The maximum Gasteiger partial charge on any atom is 0.343 e. The minimum atomic E-state index is -0.643. The number of hydrogen-bond donors (Lipinski definition) is 0. The molecule has 0 N–H and O–H groups in total. The number of rotatable bonds is 6. The molecule has 1 aliphatic heterocycles. The Morgan fingerprint density at radius 2 is 1.71 bits per heavy atom. The third kappa shape index (κ3) is 6.05. The van der Waals surface area contributed by atoms with Crippen LogP contribution in [0.2, 0.25) is 0 Å². The molecular weight excluding hydrogens is 486 g/mol. The van der Waals surface area contributed by atoms with E-state index < -0.39 is 29.6 Å². The minimum Gasteiger partial charge on any atom is -0.462 e. The number of esters is 2. The van der Waals surface area contributed by atoms with E-state index in [1.54, 1.807) is 68.5 Å². The lowest BCUT2D eigenvalue weighted by molar-refractivity contribution is -0.149. The molecule has 0 saturated carbocycles. The summed E-state index contributed by atoms with van der Waals surface area (Å²) < 4.78 is 11.2. The zero-order valence-electron chi connectivity index (χ0n) is 16.7. The van der Waals surface area contributed by atoms with Gasteiger partial charge in [-0.3, -0.25) is 19.3 Å². The van der Waals surface area contributed by atoms with Gasteiger partial charge in [-0.2, -0.15) is 0 Å². The van der Waals surface area contributed by atoms with Gasteiger partial charge in [0.15, 0.2) is 0 Å². The first-order valence-corrected chi connectivity index (χ1v) is 10.9. The number of nitrogens with zero attached hydrogens (tertiary/aromatic N) is 1. The number of ether oxygens (including phenoxy) is 2. The fraction of sp³-hybridized carbons (Fsp3) is 0.182. The number of hydrogen-bond acceptors (Lipinski definition) is 7. The Hall–Kier alpha value is -2.91. The van der Waals surface area contributed by atoms with E-state index in [2.05, 4.69) is 15.9 Å². The monoisotopic (exact) mass is 503 g/mol. The maximum atomic E-state index is 12.5. The standard InChI is InChI=1S/C22H18BrNO6S/c1-13(2)29-19(25)12-24-20(26)18(31-22(24)28)11-14-3-9-17(10-4-14)30-21(27)15-5-7-16(23)8-6-15/h3-11,13H,12H2,1-2H3/b18-11-. The first-order valence-electron chi connectivity index (χ1n) is 9.25. The number of thioether (sulfide) groups is 1. The summed E-state index contributed by atoms with van der Waals surface area (Å²) in [5.41, 5.74) is 1.05. The van der Waals surface area contributed by atoms with Crippen molar-refractivity contribution in [2.24, 2.45) is 0 Å². The Kier molecular flexibility index (Phi) is 7.29. The van der Waals surface area contributed by atoms with E-state index in [1.807, 2.05) is 0 Å². The summed E-state index contributed by atoms with van der Waals surface area (Å²) in [7, 11) is 0. The van der Waals surface area contributed by atoms with E-state index in [9.17, 15) is 19.2 Å². The van der Waals surface area contributed by atoms with Crippen LogP contribution in [0, 0.1) is 0 Å². The zero-order valence-corrected chi connectivity index (χ0v) is 19.1. The molecule has 0 spiro atoms. The van der Waals surface area contributed by atoms with E-state index in [0.717, 1.165) is 21.1 Å². The highest BCUT2D eigenvalue weighted by Gasteiger charge is 2.36. The van der Waals surface area contributed by atoms with Gasteiger partial charge in [0, 0.05) is 4.47 Å². The molecule has 0 unspecified atom stereocenters. The van der Waals surface area contributed by atoms with Crippen LogP contribution in [0.5, 0.6) is 5.75 Å². The molecule has 0 atom stereocenters. The van der Waals surface area contributed by atoms with Gasteiger partial charge < -0.3 is 9.47 Å². The van der Waals surface area contributed by atoms with E-state index >= 15 is 0 Å². The molecule has 1 fully saturated rings. The quantitative estimate of drug-likeness (QED) is 0.321. The number of imide groups is 1. The molecule has 160 valence electrons. The second-order valence-corrected chi connectivity index (χ2v) is 8.68. The molecule has 2 aromatic rings. The van der Waals surface area contributed by atoms with Gasteiger partial charge in [-0.05, 0) is 73.6 Å². The maximum absolute atomic E-state index is 12.5. The highest BCUT2D eigenvalue weighted by Crippen LogP contribution is 2.32. The topological polar surface area (TPSA) is 90.0 Å². The largest absolute Gasteiger partial charge is 0.462 e. The average molecular weight is 504 g/mol. The van der Waals surface area contributed by atoms with Crippen LogP contribution in [0.3, 0.4) is 0 Å². The van der Waals surface area contributed by atoms with Gasteiger partial charge in [-0.1, -0.05) is 28.1 Å². The van der Waals surface area contributed by atoms with E-state index in [4.69, 9.17) is 9.47 Å². The van der Waals surface area contributed by atoms with Crippen LogP contribution < -0.4 is 4.74 Å². The van der Waals surface area contributed by atoms with E-state index in [-0.39, 0.29) is 11.0 Å². The summed E-state index contributed by atoms with van der Waals surface area (Å²) in [5.74, 6) is -1.35. The summed E-state index contributed by atoms with van der Waals surface area (Å²) in [4.78, 5) is 49.6. The van der Waals surface area contributed by atoms with Gasteiger partial charge in [0.2, 0.25) is 0 Å². The second kappa shape index (κ2) is 9.93. The summed E-state index contributed by atoms with van der Waals surface area (Å²) in [6, 6.07) is 13.3. The van der Waals surface area contributed by atoms with Crippen molar-refractivity contribution in [1.29, 1.82) is 0 Å². The molecule has 1 heterocycles. The van der Waals surface area contributed by atoms with Crippen LogP contribution in [0.4, 0.5) is 4.79 Å². The van der Waals surface area contributed by atoms with Crippen molar-refractivity contribution >= 4 is 56.9 Å². The molecule has 1 aliphatic rings. The van der Waals surface area contributed by atoms with Crippen LogP contribution in [-0.4, -0.2) is 40.6 Å². The molecule has 0 aliphatic carbocycles. The van der Waals surface area contributed by atoms with Crippen LogP contribution in [0.25, 0.3) is 6.08 Å². The van der Waals surface area contributed by atoms with Crippen molar-refractivity contribution in [3.05, 3.63) is 69.0 Å². The van der Waals surface area contributed by atoms with Crippen LogP contribution >= 0.6 is 27.7 Å². The predicted octanol–water partition coefficient (Wildman–Crippen LogP) is 4.66. The van der Waals surface area contributed by atoms with Gasteiger partial charge in [0.25, 0.3) is 11.1 Å². The SMILES string of the molecule is CC(C)OC(=O)CN1C(=O)S/C(=C\c2ccc(OC(=O)c3ccc(Br)cc3)cc2)C1=O. The molecule has 7 nitrogen and oxygen atoms in total. The number of carbonyl (C=O) groups is 4. The van der Waals surface area contributed by atoms with Crippen molar-refractivity contribution in [2.75, 3.05) is 6.54 Å². The molecule has 2 aromatic carbocycles. The highest BCUT2D eigenvalue weighted by molar-refractivity contribution is 9.10. The molecule has 31 heavy (non-hydrogen) atoms. The second-order valence-electron chi connectivity index (χ2n) is 6.77. The van der Waals surface area contributed by atoms with Crippen molar-refractivity contribution in [2.45, 2.75) is 20.0 Å². The Bertz CT molecular complexity index is 1050. The minimum absolute atomic E-state index is 0.196. The van der Waals surface area contributed by atoms with Crippen LogP contribution in [0.1, 0.15) is 29.8 Å². The fourth-order valence-electron chi connectivity index (χ4n) is 2.60. The van der Waals surface area contributed by atoms with Crippen LogP contribution in [-0.2, 0) is 14.3 Å². The lowest BCUT2D eigenvalue weighted by atomic mass is 10.2. The lowest BCUT2D eigenvalue weighted by Gasteiger charge is -2.13. The Labute approximate surface area is 191 Å². The van der Waals surface area contributed by atoms with Crippen molar-refractivity contribution < 1.29 is 28.7 Å². The molecule has 9 heteroatoms. The summed E-state index contributed by atoms with van der Waals surface area (Å²) in [6.45, 7) is 2.95. The molecule has 3 rings (SSSR count). The molecule has 0 radical (unpaired) electrons. The van der Waals surface area contributed by atoms with Crippen molar-refractivity contribution in [3.63, 3.8) is 0 Å². The van der Waals surface area contributed by atoms with Gasteiger partial charge in [0.1, 0.15) is 12.3 Å². The smallest absolute Gasteiger partial charge is 0.343 e.